The number of anilines is 2. The van der Waals surface area contributed by atoms with E-state index in [2.05, 4.69) is 27.9 Å². The molecule has 2 heterocycles. The molecule has 1 aliphatic heterocycles. The normalized spacial score (nSPS) is 16.3. The molecule has 148 valence electrons. The van der Waals surface area contributed by atoms with Crippen LogP contribution in [0.15, 0.2) is 48.8 Å². The summed E-state index contributed by atoms with van der Waals surface area (Å²) >= 11 is 0. The topological polar surface area (TPSA) is 86.4 Å². The fourth-order valence-electron chi connectivity index (χ4n) is 3.28. The van der Waals surface area contributed by atoms with E-state index >= 15 is 0 Å². The van der Waals surface area contributed by atoms with Crippen LogP contribution in [0.25, 0.3) is 0 Å². The lowest BCUT2D eigenvalue weighted by atomic mass is 9.99. The maximum absolute atomic E-state index is 12.6. The molecule has 7 nitrogen and oxygen atoms in total. The number of carbonyl (C=O) groups excluding carboxylic acids is 2. The summed E-state index contributed by atoms with van der Waals surface area (Å²) in [6.07, 6.45) is 5.68. The number of nitrogens with zero attached hydrogens (tertiary/aromatic N) is 2. The molecule has 0 bridgehead atoms. The zero-order valence-electron chi connectivity index (χ0n) is 16.1. The van der Waals surface area contributed by atoms with E-state index in [9.17, 15) is 9.59 Å². The van der Waals surface area contributed by atoms with Crippen LogP contribution in [0.4, 0.5) is 16.2 Å². The van der Waals surface area contributed by atoms with Crippen LogP contribution in [-0.4, -0.2) is 48.0 Å². The van der Waals surface area contributed by atoms with Gasteiger partial charge >= 0.3 is 6.03 Å². The van der Waals surface area contributed by atoms with Crippen molar-refractivity contribution in [1.82, 2.24) is 15.2 Å². The van der Waals surface area contributed by atoms with Crippen LogP contribution in [0.2, 0.25) is 0 Å². The maximum atomic E-state index is 12.6. The first-order valence-corrected chi connectivity index (χ1v) is 9.70. The summed E-state index contributed by atoms with van der Waals surface area (Å²) in [5, 5.41) is 8.74. The summed E-state index contributed by atoms with van der Waals surface area (Å²) in [6, 6.07) is 10.5. The van der Waals surface area contributed by atoms with Crippen molar-refractivity contribution in [3.8, 4) is 0 Å². The standard InChI is InChI=1S/C21H27N5O2/c1-16-4-3-13-26(15-16)20(27)17-6-8-18(9-7-17)25-21(28)24-12-11-23-19-5-2-10-22-14-19/h2,5-10,14,16,23H,3-4,11-13,15H2,1H3,(H2,24,25,28)/t16-/m0/s1. The van der Waals surface area contributed by atoms with Crippen LogP contribution in [0.1, 0.15) is 30.1 Å². The van der Waals surface area contributed by atoms with Gasteiger partial charge in [-0.3, -0.25) is 9.78 Å². The van der Waals surface area contributed by atoms with Gasteiger partial charge in [-0.2, -0.15) is 0 Å². The predicted octanol–water partition coefficient (Wildman–Crippen LogP) is 3.19. The number of likely N-dealkylation sites (tertiary alicyclic amines) is 1. The molecule has 0 aliphatic carbocycles. The lowest BCUT2D eigenvalue weighted by Gasteiger charge is -2.31. The van der Waals surface area contributed by atoms with Gasteiger partial charge in [0.1, 0.15) is 0 Å². The van der Waals surface area contributed by atoms with Gasteiger partial charge in [-0.15, -0.1) is 0 Å². The lowest BCUT2D eigenvalue weighted by molar-refractivity contribution is 0.0683. The van der Waals surface area contributed by atoms with Crippen LogP contribution in [0.5, 0.6) is 0 Å². The lowest BCUT2D eigenvalue weighted by Crippen LogP contribution is -2.39. The first kappa shape index (κ1) is 19.7. The van der Waals surface area contributed by atoms with Crippen LogP contribution < -0.4 is 16.0 Å². The van der Waals surface area contributed by atoms with Gasteiger partial charge in [0, 0.05) is 49.8 Å². The number of urea groups is 1. The fraction of sp³-hybridized carbons (Fsp3) is 0.381. The van der Waals surface area contributed by atoms with Crippen LogP contribution in [0, 0.1) is 5.92 Å². The smallest absolute Gasteiger partial charge is 0.319 e. The Hall–Kier alpha value is -3.09. The largest absolute Gasteiger partial charge is 0.382 e. The second kappa shape index (κ2) is 9.73. The van der Waals surface area contributed by atoms with Crippen molar-refractivity contribution in [3.05, 3.63) is 54.4 Å². The van der Waals surface area contributed by atoms with Gasteiger partial charge < -0.3 is 20.9 Å². The van der Waals surface area contributed by atoms with Crippen LogP contribution in [-0.2, 0) is 0 Å². The molecule has 0 saturated carbocycles. The molecule has 0 spiro atoms. The highest BCUT2D eigenvalue weighted by molar-refractivity contribution is 5.95. The van der Waals surface area contributed by atoms with Crippen molar-refractivity contribution in [1.29, 1.82) is 0 Å². The molecule has 3 rings (SSSR count). The van der Waals surface area contributed by atoms with Gasteiger partial charge in [-0.05, 0) is 55.2 Å². The van der Waals surface area contributed by atoms with Crippen molar-refractivity contribution in [2.24, 2.45) is 5.92 Å². The Morgan fingerprint density at radius 1 is 1.14 bits per heavy atom. The van der Waals surface area contributed by atoms with Crippen molar-refractivity contribution >= 4 is 23.3 Å². The molecule has 1 atom stereocenters. The van der Waals surface area contributed by atoms with E-state index in [-0.39, 0.29) is 11.9 Å². The summed E-state index contributed by atoms with van der Waals surface area (Å²) < 4.78 is 0. The molecule has 3 amide bonds. The number of rotatable bonds is 6. The van der Waals surface area contributed by atoms with Gasteiger partial charge in [-0.1, -0.05) is 6.92 Å². The van der Waals surface area contributed by atoms with E-state index in [1.807, 2.05) is 17.0 Å². The molecule has 28 heavy (non-hydrogen) atoms. The van der Waals surface area contributed by atoms with Gasteiger partial charge in [0.25, 0.3) is 5.91 Å². The second-order valence-electron chi connectivity index (χ2n) is 7.13. The molecule has 1 aliphatic rings. The van der Waals surface area contributed by atoms with Crippen molar-refractivity contribution in [2.45, 2.75) is 19.8 Å². The molecule has 1 aromatic heterocycles. The summed E-state index contributed by atoms with van der Waals surface area (Å²) in [7, 11) is 0. The highest BCUT2D eigenvalue weighted by Crippen LogP contribution is 2.19. The third kappa shape index (κ3) is 5.70. The monoisotopic (exact) mass is 381 g/mol. The molecule has 1 fully saturated rings. The number of pyridine rings is 1. The minimum Gasteiger partial charge on any atom is -0.382 e. The number of benzene rings is 1. The van der Waals surface area contributed by atoms with E-state index in [4.69, 9.17) is 0 Å². The molecular weight excluding hydrogens is 354 g/mol. The van der Waals surface area contributed by atoms with E-state index in [1.54, 1.807) is 36.7 Å². The van der Waals surface area contributed by atoms with Gasteiger partial charge in [0.15, 0.2) is 0 Å². The molecule has 3 N–H and O–H groups in total. The first-order valence-electron chi connectivity index (χ1n) is 9.70. The molecule has 1 aromatic carbocycles. The fourth-order valence-corrected chi connectivity index (χ4v) is 3.28. The van der Waals surface area contributed by atoms with E-state index in [0.717, 1.165) is 25.2 Å². The van der Waals surface area contributed by atoms with E-state index < -0.39 is 0 Å². The number of nitrogens with one attached hydrogen (secondary N) is 3. The van der Waals surface area contributed by atoms with Crippen molar-refractivity contribution in [2.75, 3.05) is 36.8 Å². The first-order chi connectivity index (χ1) is 13.6. The third-order valence-corrected chi connectivity index (χ3v) is 4.74. The number of amides is 3. The van der Waals surface area contributed by atoms with E-state index in [0.29, 0.717) is 30.3 Å². The number of aromatic nitrogens is 1. The van der Waals surface area contributed by atoms with Crippen molar-refractivity contribution in [3.63, 3.8) is 0 Å². The zero-order valence-corrected chi connectivity index (χ0v) is 16.1. The van der Waals surface area contributed by atoms with Gasteiger partial charge in [-0.25, -0.2) is 4.79 Å². The summed E-state index contributed by atoms with van der Waals surface area (Å²) in [5.74, 6) is 0.610. The number of hydrogen-bond acceptors (Lipinski definition) is 4. The summed E-state index contributed by atoms with van der Waals surface area (Å²) in [4.78, 5) is 30.5. The number of carbonyl (C=O) groups is 2. The van der Waals surface area contributed by atoms with Gasteiger partial charge in [0.2, 0.25) is 0 Å². The Labute approximate surface area is 165 Å². The second-order valence-corrected chi connectivity index (χ2v) is 7.13. The molecule has 0 radical (unpaired) electrons. The Bertz CT molecular complexity index is 779. The number of hydrogen-bond donors (Lipinski definition) is 3. The molecule has 0 unspecified atom stereocenters. The SMILES string of the molecule is C[C@H]1CCCN(C(=O)c2ccc(NC(=O)NCCNc3cccnc3)cc2)C1. The Balaban J connectivity index is 1.42. The minimum absolute atomic E-state index is 0.0593. The Morgan fingerprint density at radius 3 is 2.68 bits per heavy atom. The average Bonchev–Trinajstić information content (AvgIpc) is 2.72. The minimum atomic E-state index is -0.281. The average molecular weight is 381 g/mol. The predicted molar refractivity (Wildman–Crippen MR) is 110 cm³/mol. The summed E-state index contributed by atoms with van der Waals surface area (Å²) in [6.45, 7) is 4.88. The van der Waals surface area contributed by atoms with Crippen LogP contribution >= 0.6 is 0 Å². The van der Waals surface area contributed by atoms with Gasteiger partial charge in [0.05, 0.1) is 5.69 Å². The Morgan fingerprint density at radius 2 is 1.96 bits per heavy atom. The number of piperidine rings is 1. The van der Waals surface area contributed by atoms with E-state index in [1.165, 1.54) is 6.42 Å². The molecule has 2 aromatic rings. The highest BCUT2D eigenvalue weighted by atomic mass is 16.2. The van der Waals surface area contributed by atoms with Crippen LogP contribution in [0.3, 0.4) is 0 Å². The zero-order chi connectivity index (χ0) is 19.8. The summed E-state index contributed by atoms with van der Waals surface area (Å²) in [5.41, 5.74) is 2.22. The Kier molecular flexibility index (Phi) is 6.84. The van der Waals surface area contributed by atoms with Crippen molar-refractivity contribution < 1.29 is 9.59 Å². The molecular formula is C21H27N5O2. The molecule has 1 saturated heterocycles. The highest BCUT2D eigenvalue weighted by Gasteiger charge is 2.21. The third-order valence-electron chi connectivity index (χ3n) is 4.74. The molecule has 7 heteroatoms. The quantitative estimate of drug-likeness (QED) is 0.671. The maximum Gasteiger partial charge on any atom is 0.319 e.